The van der Waals surface area contributed by atoms with Crippen molar-refractivity contribution in [3.63, 3.8) is 0 Å². The Balaban J connectivity index is 1.39. The first-order valence-corrected chi connectivity index (χ1v) is 17.2. The van der Waals surface area contributed by atoms with Crippen LogP contribution in [-0.2, 0) is 0 Å². The maximum absolute atomic E-state index is 2.50. The molecule has 9 rings (SSSR count). The van der Waals surface area contributed by atoms with E-state index in [1.165, 1.54) is 95.0 Å². The number of nitrogens with zero attached hydrogens (tertiary/aromatic N) is 2. The number of para-hydroxylation sites is 2. The van der Waals surface area contributed by atoms with Gasteiger partial charge in [0.2, 0.25) is 0 Å². The number of anilines is 6. The average Bonchev–Trinajstić information content (AvgIpc) is 3.12. The van der Waals surface area contributed by atoms with Crippen LogP contribution in [-0.4, -0.2) is 6.71 Å². The molecular formula is C46H37BN2. The third-order valence-corrected chi connectivity index (χ3v) is 10.3. The number of hydrogen-bond donors (Lipinski definition) is 0. The van der Waals surface area contributed by atoms with E-state index in [0.717, 1.165) is 0 Å². The van der Waals surface area contributed by atoms with Crippen molar-refractivity contribution in [2.45, 2.75) is 27.7 Å². The lowest BCUT2D eigenvalue weighted by Gasteiger charge is -2.44. The molecule has 49 heavy (non-hydrogen) atoms. The van der Waals surface area contributed by atoms with E-state index < -0.39 is 0 Å². The van der Waals surface area contributed by atoms with Crippen LogP contribution in [0.15, 0.2) is 152 Å². The molecule has 3 heteroatoms. The second-order valence-corrected chi connectivity index (χ2v) is 13.7. The Morgan fingerprint density at radius 2 is 0.837 bits per heavy atom. The topological polar surface area (TPSA) is 6.48 Å². The van der Waals surface area contributed by atoms with Gasteiger partial charge in [0.05, 0.1) is 0 Å². The van der Waals surface area contributed by atoms with E-state index in [1.807, 2.05) is 0 Å². The molecule has 0 aliphatic carbocycles. The van der Waals surface area contributed by atoms with E-state index in [4.69, 9.17) is 0 Å². The maximum Gasteiger partial charge on any atom is 0.252 e. The molecule has 0 N–H and O–H groups in total. The smallest absolute Gasteiger partial charge is 0.252 e. The second-order valence-electron chi connectivity index (χ2n) is 13.7. The Morgan fingerprint density at radius 1 is 0.388 bits per heavy atom. The molecule has 2 aliphatic rings. The number of fused-ring (bicyclic) bond motifs is 4. The van der Waals surface area contributed by atoms with Gasteiger partial charge in [-0.15, -0.1) is 0 Å². The molecule has 0 spiro atoms. The molecule has 234 valence electrons. The molecule has 0 atom stereocenters. The third kappa shape index (κ3) is 4.72. The van der Waals surface area contributed by atoms with Crippen molar-refractivity contribution >= 4 is 57.2 Å². The second kappa shape index (κ2) is 11.4. The lowest BCUT2D eigenvalue weighted by atomic mass is 9.33. The summed E-state index contributed by atoms with van der Waals surface area (Å²) in [6, 6.07) is 56.1. The van der Waals surface area contributed by atoms with Crippen molar-refractivity contribution in [3.8, 4) is 22.3 Å². The van der Waals surface area contributed by atoms with Gasteiger partial charge in [0.15, 0.2) is 0 Å². The third-order valence-electron chi connectivity index (χ3n) is 10.3. The minimum Gasteiger partial charge on any atom is -0.311 e. The van der Waals surface area contributed by atoms with Gasteiger partial charge in [-0.3, -0.25) is 0 Å². The van der Waals surface area contributed by atoms with Crippen molar-refractivity contribution in [1.29, 1.82) is 0 Å². The maximum atomic E-state index is 2.50. The first-order valence-electron chi connectivity index (χ1n) is 17.2. The molecule has 7 aromatic rings. The highest BCUT2D eigenvalue weighted by Crippen LogP contribution is 2.47. The monoisotopic (exact) mass is 628 g/mol. The fourth-order valence-electron chi connectivity index (χ4n) is 8.32. The molecule has 0 aromatic heterocycles. The van der Waals surface area contributed by atoms with Gasteiger partial charge in [-0.05, 0) is 126 Å². The van der Waals surface area contributed by atoms with Crippen LogP contribution in [0.5, 0.6) is 0 Å². The van der Waals surface area contributed by atoms with Crippen LogP contribution < -0.4 is 26.2 Å². The summed E-state index contributed by atoms with van der Waals surface area (Å²) in [5, 5.41) is 0. The molecule has 2 aliphatic heterocycles. The highest BCUT2D eigenvalue weighted by Gasteiger charge is 2.43. The van der Waals surface area contributed by atoms with Gasteiger partial charge in [0.25, 0.3) is 6.71 Å². The number of benzene rings is 7. The number of hydrogen-bond acceptors (Lipinski definition) is 2. The van der Waals surface area contributed by atoms with E-state index in [0.29, 0.717) is 0 Å². The van der Waals surface area contributed by atoms with E-state index in [-0.39, 0.29) is 6.71 Å². The Morgan fingerprint density at radius 3 is 1.31 bits per heavy atom. The molecule has 0 unspecified atom stereocenters. The van der Waals surface area contributed by atoms with Crippen LogP contribution in [0.4, 0.5) is 34.1 Å². The summed E-state index contributed by atoms with van der Waals surface area (Å²) in [6.07, 6.45) is 0. The molecule has 0 saturated carbocycles. The number of rotatable bonds is 4. The zero-order valence-corrected chi connectivity index (χ0v) is 28.4. The molecule has 0 amide bonds. The van der Waals surface area contributed by atoms with Gasteiger partial charge < -0.3 is 9.80 Å². The predicted molar refractivity (Wildman–Crippen MR) is 210 cm³/mol. The molecular weight excluding hydrogens is 591 g/mol. The van der Waals surface area contributed by atoms with Crippen LogP contribution >= 0.6 is 0 Å². The quantitative estimate of drug-likeness (QED) is 0.179. The van der Waals surface area contributed by atoms with Crippen molar-refractivity contribution in [1.82, 2.24) is 0 Å². The Kier molecular flexibility index (Phi) is 6.84. The largest absolute Gasteiger partial charge is 0.311 e. The SMILES string of the molecule is Cc1ccc2c(c1)B1c3cc(C)ccc3N(c3ccccc3)c3cc(-c4c(C)cc(-c5ccccc5)cc4C)cc(c31)N2c1ccccc1. The molecule has 0 fully saturated rings. The first-order chi connectivity index (χ1) is 24.0. The Labute approximate surface area is 290 Å². The van der Waals surface area contributed by atoms with Crippen molar-refractivity contribution < 1.29 is 0 Å². The summed E-state index contributed by atoms with van der Waals surface area (Å²) in [4.78, 5) is 5.00. The van der Waals surface area contributed by atoms with Gasteiger partial charge in [0.1, 0.15) is 0 Å². The highest BCUT2D eigenvalue weighted by atomic mass is 15.2. The number of aryl methyl sites for hydroxylation is 4. The first kappa shape index (κ1) is 29.4. The molecule has 7 aromatic carbocycles. The predicted octanol–water partition coefficient (Wildman–Crippen LogP) is 10.3. The Bertz CT molecular complexity index is 2240. The summed E-state index contributed by atoms with van der Waals surface area (Å²) in [6.45, 7) is 9.07. The molecule has 2 nitrogen and oxygen atoms in total. The van der Waals surface area contributed by atoms with Gasteiger partial charge in [-0.25, -0.2) is 0 Å². The van der Waals surface area contributed by atoms with E-state index in [2.05, 4.69) is 189 Å². The summed E-state index contributed by atoms with van der Waals surface area (Å²) in [5.74, 6) is 0. The minimum absolute atomic E-state index is 0.103. The van der Waals surface area contributed by atoms with Gasteiger partial charge in [-0.2, -0.15) is 0 Å². The summed E-state index contributed by atoms with van der Waals surface area (Å²) >= 11 is 0. The summed E-state index contributed by atoms with van der Waals surface area (Å²) in [7, 11) is 0. The van der Waals surface area contributed by atoms with Crippen molar-refractivity contribution in [3.05, 3.63) is 174 Å². The molecule has 2 heterocycles. The normalized spacial score (nSPS) is 12.8. The van der Waals surface area contributed by atoms with Crippen molar-refractivity contribution in [2.75, 3.05) is 9.80 Å². The van der Waals surface area contributed by atoms with Gasteiger partial charge in [0, 0.05) is 34.1 Å². The lowest BCUT2D eigenvalue weighted by Crippen LogP contribution is -2.61. The lowest BCUT2D eigenvalue weighted by molar-refractivity contribution is 1.24. The highest BCUT2D eigenvalue weighted by molar-refractivity contribution is 7.00. The van der Waals surface area contributed by atoms with Crippen LogP contribution in [0.25, 0.3) is 22.3 Å². The van der Waals surface area contributed by atoms with E-state index in [9.17, 15) is 0 Å². The van der Waals surface area contributed by atoms with E-state index in [1.54, 1.807) is 0 Å². The fourth-order valence-corrected chi connectivity index (χ4v) is 8.32. The molecule has 0 radical (unpaired) electrons. The van der Waals surface area contributed by atoms with Gasteiger partial charge in [-0.1, -0.05) is 114 Å². The average molecular weight is 629 g/mol. The van der Waals surface area contributed by atoms with Crippen molar-refractivity contribution in [2.24, 2.45) is 0 Å². The molecule has 0 saturated heterocycles. The fraction of sp³-hybridized carbons (Fsp3) is 0.0870. The summed E-state index contributed by atoms with van der Waals surface area (Å²) in [5.41, 5.74) is 21.5. The Hall–Kier alpha value is -5.80. The molecule has 0 bridgehead atoms. The zero-order chi connectivity index (χ0) is 33.2. The van der Waals surface area contributed by atoms with Crippen LogP contribution in [0.3, 0.4) is 0 Å². The van der Waals surface area contributed by atoms with Crippen LogP contribution in [0.1, 0.15) is 22.3 Å². The van der Waals surface area contributed by atoms with Crippen LogP contribution in [0, 0.1) is 27.7 Å². The summed E-state index contributed by atoms with van der Waals surface area (Å²) < 4.78 is 0. The van der Waals surface area contributed by atoms with E-state index >= 15 is 0 Å². The standard InChI is InChI=1S/C46H37BN2/c1-30-20-22-41-39(24-30)47-40-25-31(2)21-23-42(40)49(38-18-12-7-13-19-38)44-29-36(28-43(46(44)47)48(41)37-16-10-6-11-17-37)45-32(3)26-35(27-33(45)4)34-14-8-5-9-15-34/h5-29H,1-4H3. The van der Waals surface area contributed by atoms with Crippen LogP contribution in [0.2, 0.25) is 0 Å². The minimum atomic E-state index is 0.103. The van der Waals surface area contributed by atoms with Gasteiger partial charge >= 0.3 is 0 Å². The zero-order valence-electron chi connectivity index (χ0n) is 28.4.